The van der Waals surface area contributed by atoms with Gasteiger partial charge in [-0.1, -0.05) is 6.07 Å². The van der Waals surface area contributed by atoms with Crippen LogP contribution in [-0.2, 0) is 17.8 Å². The number of hydrogen-bond acceptors (Lipinski definition) is 4. The van der Waals surface area contributed by atoms with Crippen LogP contribution in [0.25, 0.3) is 0 Å². The third-order valence-electron chi connectivity index (χ3n) is 4.57. The summed E-state index contributed by atoms with van der Waals surface area (Å²) in [6.45, 7) is 0.205. The number of rotatable bonds is 5. The van der Waals surface area contributed by atoms with E-state index in [0.29, 0.717) is 11.3 Å². The van der Waals surface area contributed by atoms with E-state index in [2.05, 4.69) is 10.4 Å². The Morgan fingerprint density at radius 1 is 1.38 bits per heavy atom. The smallest absolute Gasteiger partial charge is 0.251 e. The minimum Gasteiger partial charge on any atom is -0.497 e. The molecule has 0 unspecified atom stereocenters. The van der Waals surface area contributed by atoms with E-state index in [1.54, 1.807) is 55.1 Å². The van der Waals surface area contributed by atoms with Crippen molar-refractivity contribution in [2.24, 2.45) is 0 Å². The van der Waals surface area contributed by atoms with Gasteiger partial charge >= 0.3 is 0 Å². The van der Waals surface area contributed by atoms with E-state index in [9.17, 15) is 9.59 Å². The number of hydrogen-bond donors (Lipinski definition) is 1. The van der Waals surface area contributed by atoms with Crippen molar-refractivity contribution in [3.05, 3.63) is 47.3 Å². The predicted molar refractivity (Wildman–Crippen MR) is 97.1 cm³/mol. The summed E-state index contributed by atoms with van der Waals surface area (Å²) in [4.78, 5) is 26.1. The molecule has 1 aromatic heterocycles. The molecule has 1 heterocycles. The Bertz CT molecular complexity index is 813. The number of aryl methyl sites for hydroxylation is 1. The highest BCUT2D eigenvalue weighted by Gasteiger charge is 2.26. The van der Waals surface area contributed by atoms with Gasteiger partial charge in [-0.15, -0.1) is 0 Å². The van der Waals surface area contributed by atoms with E-state index < -0.39 is 0 Å². The van der Waals surface area contributed by atoms with Gasteiger partial charge in [0.05, 0.1) is 18.8 Å². The molecule has 7 nitrogen and oxygen atoms in total. The lowest BCUT2D eigenvalue weighted by Gasteiger charge is -2.22. The molecule has 1 N–H and O–H groups in total. The fraction of sp³-hybridized carbons (Fsp3) is 0.421. The number of nitrogens with zero attached hydrogens (tertiary/aromatic N) is 3. The van der Waals surface area contributed by atoms with Crippen LogP contribution in [0.4, 0.5) is 0 Å². The highest BCUT2D eigenvalue weighted by Crippen LogP contribution is 2.29. The van der Waals surface area contributed by atoms with Crippen molar-refractivity contribution in [3.63, 3.8) is 0 Å². The second-order valence-corrected chi connectivity index (χ2v) is 6.68. The lowest BCUT2D eigenvalue weighted by atomic mass is 9.93. The monoisotopic (exact) mass is 356 g/mol. The Balaban J connectivity index is 1.75. The molecule has 26 heavy (non-hydrogen) atoms. The summed E-state index contributed by atoms with van der Waals surface area (Å²) in [6, 6.07) is 6.93. The minimum absolute atomic E-state index is 0.0122. The van der Waals surface area contributed by atoms with Crippen molar-refractivity contribution in [1.82, 2.24) is 20.0 Å². The van der Waals surface area contributed by atoms with Crippen LogP contribution in [0.3, 0.4) is 0 Å². The van der Waals surface area contributed by atoms with E-state index in [1.807, 2.05) is 6.20 Å². The number of likely N-dealkylation sites (N-methyl/N-ethyl adjacent to an activating group) is 1. The average molecular weight is 356 g/mol. The van der Waals surface area contributed by atoms with Gasteiger partial charge in [-0.2, -0.15) is 5.10 Å². The van der Waals surface area contributed by atoms with E-state index >= 15 is 0 Å². The molecular formula is C19H24N4O3. The van der Waals surface area contributed by atoms with Crippen LogP contribution < -0.4 is 10.1 Å². The highest BCUT2D eigenvalue weighted by atomic mass is 16.5. The summed E-state index contributed by atoms with van der Waals surface area (Å²) < 4.78 is 6.85. The number of benzene rings is 1. The Morgan fingerprint density at radius 3 is 2.92 bits per heavy atom. The van der Waals surface area contributed by atoms with Gasteiger partial charge in [0.1, 0.15) is 12.3 Å². The van der Waals surface area contributed by atoms with Gasteiger partial charge in [-0.3, -0.25) is 14.3 Å². The maximum atomic E-state index is 12.6. The molecule has 0 saturated heterocycles. The Labute approximate surface area is 152 Å². The second kappa shape index (κ2) is 7.59. The van der Waals surface area contributed by atoms with Gasteiger partial charge in [0, 0.05) is 25.9 Å². The number of ether oxygens (including phenoxy) is 1. The van der Waals surface area contributed by atoms with Crippen molar-refractivity contribution in [1.29, 1.82) is 0 Å². The van der Waals surface area contributed by atoms with Crippen LogP contribution in [0.15, 0.2) is 30.5 Å². The quantitative estimate of drug-likeness (QED) is 0.886. The molecule has 138 valence electrons. The first-order chi connectivity index (χ1) is 12.5. The maximum absolute atomic E-state index is 12.6. The van der Waals surface area contributed by atoms with Crippen LogP contribution in [0, 0.1) is 0 Å². The number of aromatic nitrogens is 2. The Hall–Kier alpha value is -2.83. The fourth-order valence-electron chi connectivity index (χ4n) is 3.10. The molecule has 1 aliphatic rings. The van der Waals surface area contributed by atoms with Crippen LogP contribution >= 0.6 is 0 Å². The predicted octanol–water partition coefficient (Wildman–Crippen LogP) is 1.79. The van der Waals surface area contributed by atoms with Gasteiger partial charge < -0.3 is 15.0 Å². The zero-order valence-corrected chi connectivity index (χ0v) is 15.4. The van der Waals surface area contributed by atoms with Crippen molar-refractivity contribution in [3.8, 4) is 5.75 Å². The number of amides is 2. The molecule has 3 rings (SSSR count). The van der Waals surface area contributed by atoms with E-state index in [4.69, 9.17) is 4.74 Å². The lowest BCUT2D eigenvalue weighted by molar-refractivity contribution is -0.129. The zero-order chi connectivity index (χ0) is 18.7. The normalized spacial score (nSPS) is 15.9. The molecule has 0 bridgehead atoms. The third kappa shape index (κ3) is 3.87. The molecule has 0 fully saturated rings. The average Bonchev–Trinajstić information content (AvgIpc) is 3.05. The molecular weight excluding hydrogens is 332 g/mol. The number of carbonyl (C=O) groups excluding carboxylic acids is 2. The number of nitrogens with one attached hydrogen (secondary N) is 1. The number of methoxy groups -OCH3 is 1. The largest absolute Gasteiger partial charge is 0.497 e. The summed E-state index contributed by atoms with van der Waals surface area (Å²) in [7, 11) is 5.03. The summed E-state index contributed by atoms with van der Waals surface area (Å²) in [6.07, 6.45) is 4.64. The maximum Gasteiger partial charge on any atom is 0.251 e. The molecule has 1 aliphatic carbocycles. The molecule has 1 aromatic carbocycles. The highest BCUT2D eigenvalue weighted by molar-refractivity contribution is 5.94. The molecule has 0 aliphatic heterocycles. The molecule has 2 amide bonds. The van der Waals surface area contributed by atoms with Crippen LogP contribution in [0.1, 0.15) is 40.5 Å². The first kappa shape index (κ1) is 18.0. The van der Waals surface area contributed by atoms with Gasteiger partial charge in [0.2, 0.25) is 5.91 Å². The van der Waals surface area contributed by atoms with Gasteiger partial charge in [0.25, 0.3) is 5.91 Å². The molecule has 0 radical (unpaired) electrons. The van der Waals surface area contributed by atoms with Crippen LogP contribution in [0.5, 0.6) is 5.75 Å². The fourth-order valence-corrected chi connectivity index (χ4v) is 3.10. The summed E-state index contributed by atoms with van der Waals surface area (Å²) >= 11 is 0. The standard InChI is InChI=1S/C19H24N4O3/c1-22(2)17(24)12-23-11-14-7-5-9-16(18(14)21-23)20-19(25)13-6-4-8-15(10-13)26-3/h4,6,8,10-11,16H,5,7,9,12H2,1-3H3,(H,20,25)/t16-/m0/s1. The van der Waals surface area contributed by atoms with Crippen molar-refractivity contribution in [2.75, 3.05) is 21.2 Å². The minimum atomic E-state index is -0.152. The van der Waals surface area contributed by atoms with E-state index in [-0.39, 0.29) is 24.4 Å². The lowest BCUT2D eigenvalue weighted by Crippen LogP contribution is -2.31. The Kier molecular flexibility index (Phi) is 5.25. The summed E-state index contributed by atoms with van der Waals surface area (Å²) in [5, 5.41) is 7.63. The first-order valence-corrected chi connectivity index (χ1v) is 8.69. The number of fused-ring (bicyclic) bond motifs is 1. The van der Waals surface area contributed by atoms with Gasteiger partial charge in [-0.25, -0.2) is 0 Å². The van der Waals surface area contributed by atoms with Crippen molar-refractivity contribution in [2.45, 2.75) is 31.8 Å². The zero-order valence-electron chi connectivity index (χ0n) is 15.4. The molecule has 1 atom stereocenters. The second-order valence-electron chi connectivity index (χ2n) is 6.68. The molecule has 7 heteroatoms. The van der Waals surface area contributed by atoms with Crippen LogP contribution in [0.2, 0.25) is 0 Å². The first-order valence-electron chi connectivity index (χ1n) is 8.69. The van der Waals surface area contributed by atoms with E-state index in [1.165, 1.54) is 0 Å². The molecule has 0 saturated carbocycles. The summed E-state index contributed by atoms with van der Waals surface area (Å²) in [5.41, 5.74) is 2.51. The molecule has 0 spiro atoms. The number of carbonyl (C=O) groups is 2. The molecule has 2 aromatic rings. The van der Waals surface area contributed by atoms with Crippen molar-refractivity contribution >= 4 is 11.8 Å². The van der Waals surface area contributed by atoms with Gasteiger partial charge in [-0.05, 0) is 43.0 Å². The van der Waals surface area contributed by atoms with Crippen LogP contribution in [-0.4, -0.2) is 47.7 Å². The van der Waals surface area contributed by atoms with Gasteiger partial charge in [0.15, 0.2) is 0 Å². The Morgan fingerprint density at radius 2 is 2.19 bits per heavy atom. The SMILES string of the molecule is COc1cccc(C(=O)N[C@H]2CCCc3cn(CC(=O)N(C)C)nc32)c1. The summed E-state index contributed by atoms with van der Waals surface area (Å²) in [5.74, 6) is 0.482. The topological polar surface area (TPSA) is 76.5 Å². The van der Waals surface area contributed by atoms with E-state index in [0.717, 1.165) is 30.5 Å². The third-order valence-corrected chi connectivity index (χ3v) is 4.57. The van der Waals surface area contributed by atoms with Crippen molar-refractivity contribution < 1.29 is 14.3 Å².